The standard InChI is InChI=1S/C19H19N2O2P/c1-20-16-11-5-7-13-18(16)22-24(20,15-9-3-4-10-15)21(2)17-12-6-8-14-19(17)23-24/h3-15H,1-2H3. The van der Waals surface area contributed by atoms with Crippen molar-refractivity contribution in [1.82, 2.24) is 0 Å². The number of hydrogen-bond acceptors (Lipinski definition) is 4. The van der Waals surface area contributed by atoms with Gasteiger partial charge in [-0.05, 0) is 0 Å². The van der Waals surface area contributed by atoms with Gasteiger partial charge in [0, 0.05) is 0 Å². The van der Waals surface area contributed by atoms with E-state index in [9.17, 15) is 0 Å². The molecule has 1 spiro atoms. The number of hydrogen-bond donors (Lipinski definition) is 0. The number of fused-ring (bicyclic) bond motifs is 2. The van der Waals surface area contributed by atoms with E-state index in [0.717, 1.165) is 22.9 Å². The molecule has 0 saturated heterocycles. The fourth-order valence-corrected chi connectivity index (χ4v) is 9.00. The van der Waals surface area contributed by atoms with Crippen molar-refractivity contribution in [2.24, 2.45) is 0 Å². The zero-order valence-corrected chi connectivity index (χ0v) is 14.6. The summed E-state index contributed by atoms with van der Waals surface area (Å²) in [6.45, 7) is 0. The predicted octanol–water partition coefficient (Wildman–Crippen LogP) is 4.75. The van der Waals surface area contributed by atoms with E-state index in [-0.39, 0.29) is 5.66 Å². The van der Waals surface area contributed by atoms with Crippen LogP contribution in [0.4, 0.5) is 11.4 Å². The van der Waals surface area contributed by atoms with Crippen LogP contribution in [-0.2, 0) is 0 Å². The first kappa shape index (κ1) is 13.9. The van der Waals surface area contributed by atoms with Gasteiger partial charge in [0.2, 0.25) is 0 Å². The molecule has 0 fully saturated rings. The SMILES string of the molecule is CN1c2ccccc2OP12(C1C=CC=C1)Oc1ccccc1N2C. The Morgan fingerprint density at radius 2 is 1.21 bits per heavy atom. The fourth-order valence-electron chi connectivity index (χ4n) is 4.07. The van der Waals surface area contributed by atoms with Gasteiger partial charge in [0.1, 0.15) is 0 Å². The normalized spacial score (nSPS) is 23.5. The maximum absolute atomic E-state index is 6.79. The molecule has 5 heteroatoms. The van der Waals surface area contributed by atoms with Gasteiger partial charge in [0.15, 0.2) is 0 Å². The summed E-state index contributed by atoms with van der Waals surface area (Å²) in [6, 6.07) is 16.3. The molecule has 0 radical (unpaired) electrons. The van der Waals surface area contributed by atoms with E-state index >= 15 is 0 Å². The van der Waals surface area contributed by atoms with Gasteiger partial charge in [-0.3, -0.25) is 0 Å². The second-order valence-corrected chi connectivity index (χ2v) is 10.4. The monoisotopic (exact) mass is 338 g/mol. The van der Waals surface area contributed by atoms with E-state index < -0.39 is 7.36 Å². The topological polar surface area (TPSA) is 24.9 Å². The molecular weight excluding hydrogens is 319 g/mol. The van der Waals surface area contributed by atoms with E-state index in [1.165, 1.54) is 0 Å². The minimum atomic E-state index is -3.42. The summed E-state index contributed by atoms with van der Waals surface area (Å²) >= 11 is 0. The molecule has 1 aliphatic carbocycles. The summed E-state index contributed by atoms with van der Waals surface area (Å²) in [5, 5.41) is 0. The van der Waals surface area contributed by atoms with Crippen LogP contribution in [0.25, 0.3) is 0 Å². The number of allylic oxidation sites excluding steroid dienone is 4. The van der Waals surface area contributed by atoms with Gasteiger partial charge >= 0.3 is 141 Å². The van der Waals surface area contributed by atoms with Crippen LogP contribution in [0.3, 0.4) is 0 Å². The van der Waals surface area contributed by atoms with Crippen LogP contribution in [0.1, 0.15) is 0 Å². The van der Waals surface area contributed by atoms with Crippen LogP contribution in [0.2, 0.25) is 0 Å². The summed E-state index contributed by atoms with van der Waals surface area (Å²) in [7, 11) is 0.763. The summed E-state index contributed by atoms with van der Waals surface area (Å²) < 4.78 is 18.1. The number of nitrogens with zero attached hydrogens (tertiary/aromatic N) is 2. The predicted molar refractivity (Wildman–Crippen MR) is 99.9 cm³/mol. The van der Waals surface area contributed by atoms with Gasteiger partial charge < -0.3 is 0 Å². The zero-order valence-electron chi connectivity index (χ0n) is 13.7. The Bertz CT molecular complexity index is 836. The first-order valence-corrected chi connectivity index (χ1v) is 10.1. The molecule has 2 heterocycles. The molecule has 0 aromatic heterocycles. The van der Waals surface area contributed by atoms with Crippen molar-refractivity contribution in [3.63, 3.8) is 0 Å². The van der Waals surface area contributed by atoms with Gasteiger partial charge in [-0.2, -0.15) is 0 Å². The van der Waals surface area contributed by atoms with E-state index in [1.807, 2.05) is 36.4 Å². The van der Waals surface area contributed by atoms with Gasteiger partial charge in [-0.1, -0.05) is 0 Å². The van der Waals surface area contributed by atoms with E-state index in [2.05, 4.69) is 59.9 Å². The minimum absolute atomic E-state index is 0.0470. The fraction of sp³-hybridized carbons (Fsp3) is 0.158. The zero-order chi connectivity index (χ0) is 16.4. The van der Waals surface area contributed by atoms with Crippen molar-refractivity contribution in [2.75, 3.05) is 23.4 Å². The van der Waals surface area contributed by atoms with Gasteiger partial charge in [0.25, 0.3) is 0 Å². The van der Waals surface area contributed by atoms with Crippen molar-refractivity contribution < 1.29 is 9.05 Å². The molecule has 2 aromatic carbocycles. The second kappa shape index (κ2) is 4.34. The van der Waals surface area contributed by atoms with E-state index in [1.54, 1.807) is 0 Å². The molecule has 0 N–H and O–H groups in total. The molecule has 0 saturated carbocycles. The van der Waals surface area contributed by atoms with E-state index in [0.29, 0.717) is 0 Å². The Labute approximate surface area is 141 Å². The first-order valence-electron chi connectivity index (χ1n) is 8.09. The molecule has 0 atom stereocenters. The van der Waals surface area contributed by atoms with Crippen LogP contribution < -0.4 is 18.4 Å². The van der Waals surface area contributed by atoms with Crippen molar-refractivity contribution in [2.45, 2.75) is 5.66 Å². The summed E-state index contributed by atoms with van der Waals surface area (Å²) in [5.41, 5.74) is 2.19. The maximum atomic E-state index is 6.79. The second-order valence-electron chi connectivity index (χ2n) is 6.36. The third-order valence-electron chi connectivity index (χ3n) is 5.31. The molecule has 3 aliphatic rings. The third kappa shape index (κ3) is 1.35. The Balaban J connectivity index is 1.81. The first-order chi connectivity index (χ1) is 11.7. The molecule has 4 nitrogen and oxygen atoms in total. The van der Waals surface area contributed by atoms with Crippen molar-refractivity contribution in [3.8, 4) is 11.5 Å². The number of para-hydroxylation sites is 4. The number of rotatable bonds is 1. The molecule has 0 amide bonds. The Morgan fingerprint density at radius 3 is 1.67 bits per heavy atom. The quantitative estimate of drug-likeness (QED) is 0.701. The molecular formula is C19H19N2O2P. The van der Waals surface area contributed by atoms with E-state index in [4.69, 9.17) is 9.05 Å². The average Bonchev–Trinajstić information content (AvgIpc) is 3.28. The number of benzene rings is 2. The van der Waals surface area contributed by atoms with Crippen LogP contribution in [0.15, 0.2) is 72.8 Å². The Hall–Kier alpha value is -2.45. The van der Waals surface area contributed by atoms with Gasteiger partial charge in [0.05, 0.1) is 0 Å². The molecule has 0 bridgehead atoms. The summed E-state index contributed by atoms with van der Waals surface area (Å²) in [6.07, 6.45) is 8.52. The molecule has 2 aromatic rings. The number of anilines is 2. The van der Waals surface area contributed by atoms with Crippen LogP contribution in [0.5, 0.6) is 11.5 Å². The molecule has 122 valence electrons. The third-order valence-corrected chi connectivity index (χ3v) is 10.4. The van der Waals surface area contributed by atoms with Gasteiger partial charge in [-0.25, -0.2) is 0 Å². The Kier molecular flexibility index (Phi) is 2.52. The molecule has 2 aliphatic heterocycles. The molecule has 0 unspecified atom stereocenters. The van der Waals surface area contributed by atoms with Crippen molar-refractivity contribution in [3.05, 3.63) is 72.8 Å². The van der Waals surface area contributed by atoms with Crippen LogP contribution in [0, 0.1) is 0 Å². The van der Waals surface area contributed by atoms with Crippen molar-refractivity contribution in [1.29, 1.82) is 0 Å². The Morgan fingerprint density at radius 1 is 0.750 bits per heavy atom. The summed E-state index contributed by atoms with van der Waals surface area (Å²) in [5.74, 6) is 1.76. The molecule has 5 rings (SSSR count). The molecule has 24 heavy (non-hydrogen) atoms. The summed E-state index contributed by atoms with van der Waals surface area (Å²) in [4.78, 5) is 0. The average molecular weight is 338 g/mol. The van der Waals surface area contributed by atoms with Crippen molar-refractivity contribution >= 4 is 18.7 Å². The van der Waals surface area contributed by atoms with Crippen LogP contribution in [-0.4, -0.2) is 19.8 Å². The van der Waals surface area contributed by atoms with Crippen LogP contribution >= 0.6 is 7.36 Å². The van der Waals surface area contributed by atoms with Gasteiger partial charge in [-0.15, -0.1) is 0 Å².